The van der Waals surface area contributed by atoms with Gasteiger partial charge in [0.25, 0.3) is 0 Å². The molecule has 1 saturated carbocycles. The average Bonchev–Trinajstić information content (AvgIpc) is 3.57. The van der Waals surface area contributed by atoms with Crippen LogP contribution < -0.4 is 10.0 Å². The normalized spacial score (nSPS) is 13.8. The summed E-state index contributed by atoms with van der Waals surface area (Å²) in [5.41, 5.74) is 3.05. The molecule has 5 rings (SSSR count). The first-order valence-electron chi connectivity index (χ1n) is 10.6. The van der Waals surface area contributed by atoms with Gasteiger partial charge < -0.3 is 10.3 Å². The molecule has 0 unspecified atom stereocenters. The Morgan fingerprint density at radius 3 is 2.50 bits per heavy atom. The maximum atomic E-state index is 13.4. The van der Waals surface area contributed by atoms with Gasteiger partial charge in [-0.3, -0.25) is 4.79 Å². The highest BCUT2D eigenvalue weighted by molar-refractivity contribution is 7.89. The number of aromatic amines is 1. The van der Waals surface area contributed by atoms with Gasteiger partial charge in [-0.15, -0.1) is 0 Å². The van der Waals surface area contributed by atoms with E-state index in [1.54, 1.807) is 18.3 Å². The second kappa shape index (κ2) is 8.62. The Morgan fingerprint density at radius 1 is 1.03 bits per heavy atom. The molecule has 1 fully saturated rings. The number of amides is 1. The molecule has 34 heavy (non-hydrogen) atoms. The first-order valence-corrected chi connectivity index (χ1v) is 12.1. The Morgan fingerprint density at radius 2 is 1.79 bits per heavy atom. The molecule has 1 aliphatic carbocycles. The number of pyridine rings is 1. The topological polar surface area (TPSA) is 104 Å². The number of rotatable bonds is 7. The molecule has 0 atom stereocenters. The van der Waals surface area contributed by atoms with E-state index in [1.807, 2.05) is 24.3 Å². The van der Waals surface area contributed by atoms with Crippen LogP contribution in [0.5, 0.6) is 0 Å². The van der Waals surface area contributed by atoms with E-state index >= 15 is 0 Å². The van der Waals surface area contributed by atoms with Gasteiger partial charge in [0.05, 0.1) is 4.90 Å². The van der Waals surface area contributed by atoms with Crippen LogP contribution in [0, 0.1) is 17.6 Å². The number of hydrogen-bond acceptors (Lipinski definition) is 4. The summed E-state index contributed by atoms with van der Waals surface area (Å²) in [6.07, 6.45) is 3.56. The highest BCUT2D eigenvalue weighted by Crippen LogP contribution is 2.33. The van der Waals surface area contributed by atoms with Gasteiger partial charge in [-0.1, -0.05) is 24.3 Å². The number of aromatic nitrogens is 2. The van der Waals surface area contributed by atoms with Gasteiger partial charge in [0, 0.05) is 24.0 Å². The number of hydrogen-bond donors (Lipinski definition) is 3. The maximum Gasteiger partial charge on any atom is 0.240 e. The number of carbonyl (C=O) groups is 1. The fourth-order valence-electron chi connectivity index (χ4n) is 3.62. The van der Waals surface area contributed by atoms with Gasteiger partial charge in [0.15, 0.2) is 11.6 Å². The predicted molar refractivity (Wildman–Crippen MR) is 123 cm³/mol. The van der Waals surface area contributed by atoms with Crippen molar-refractivity contribution in [2.24, 2.45) is 5.92 Å². The van der Waals surface area contributed by atoms with Crippen LogP contribution >= 0.6 is 0 Å². The fraction of sp³-hybridized carbons (Fsp3) is 0.167. The highest BCUT2D eigenvalue weighted by atomic mass is 32.2. The standard InChI is InChI=1S/C24H20F2N4O3S/c25-20-8-7-17(11-21(20)26)34(32,33)28-13-14-1-3-15(4-2-14)19-12-22(30-24(31)16-5-6-16)29-23-18(19)9-10-27-23/h1-4,7-12,16,28H,5-6,13H2,(H2,27,29,30,31). The Balaban J connectivity index is 1.35. The van der Waals surface area contributed by atoms with Crippen molar-refractivity contribution >= 4 is 32.8 Å². The molecule has 0 radical (unpaired) electrons. The van der Waals surface area contributed by atoms with E-state index in [2.05, 4.69) is 20.0 Å². The Bertz CT molecular complexity index is 1500. The van der Waals surface area contributed by atoms with Crippen LogP contribution in [-0.2, 0) is 21.4 Å². The molecule has 1 amide bonds. The summed E-state index contributed by atoms with van der Waals surface area (Å²) >= 11 is 0. The molecule has 174 valence electrons. The molecular formula is C24H20F2N4O3S. The monoisotopic (exact) mass is 482 g/mol. The quantitative estimate of drug-likeness (QED) is 0.365. The van der Waals surface area contributed by atoms with Crippen molar-refractivity contribution in [1.29, 1.82) is 0 Å². The molecule has 4 aromatic rings. The summed E-state index contributed by atoms with van der Waals surface area (Å²) < 4.78 is 53.7. The Labute approximate surface area is 194 Å². The number of H-pyrrole nitrogens is 1. The van der Waals surface area contributed by atoms with Gasteiger partial charge in [-0.2, -0.15) is 0 Å². The molecule has 0 aliphatic heterocycles. The van der Waals surface area contributed by atoms with E-state index in [-0.39, 0.29) is 23.3 Å². The summed E-state index contributed by atoms with van der Waals surface area (Å²) in [6, 6.07) is 13.4. The van der Waals surface area contributed by atoms with Gasteiger partial charge in [0.2, 0.25) is 15.9 Å². The molecule has 1 aliphatic rings. The molecular weight excluding hydrogens is 462 g/mol. The molecule has 2 heterocycles. The first kappa shape index (κ1) is 22.2. The van der Waals surface area contributed by atoms with Gasteiger partial charge in [0.1, 0.15) is 11.5 Å². The molecule has 0 bridgehead atoms. The summed E-state index contributed by atoms with van der Waals surface area (Å²) in [7, 11) is -4.01. The van der Waals surface area contributed by atoms with Crippen molar-refractivity contribution in [3.8, 4) is 11.1 Å². The number of halogens is 2. The van der Waals surface area contributed by atoms with Crippen LogP contribution in [0.1, 0.15) is 18.4 Å². The Hall–Kier alpha value is -3.63. The van der Waals surface area contributed by atoms with Crippen LogP contribution in [0.2, 0.25) is 0 Å². The lowest BCUT2D eigenvalue weighted by Gasteiger charge is -2.10. The fourth-order valence-corrected chi connectivity index (χ4v) is 4.65. The summed E-state index contributed by atoms with van der Waals surface area (Å²) in [6.45, 7) is -0.0276. The smallest absolute Gasteiger partial charge is 0.240 e. The highest BCUT2D eigenvalue weighted by Gasteiger charge is 2.30. The van der Waals surface area contributed by atoms with Crippen LogP contribution in [0.3, 0.4) is 0 Å². The molecule has 7 nitrogen and oxygen atoms in total. The minimum Gasteiger partial charge on any atom is -0.346 e. The van der Waals surface area contributed by atoms with E-state index in [1.165, 1.54) is 0 Å². The second-order valence-corrected chi connectivity index (χ2v) is 9.92. The largest absolute Gasteiger partial charge is 0.346 e. The predicted octanol–water partition coefficient (Wildman–Crippen LogP) is 4.34. The molecule has 10 heteroatoms. The van der Waals surface area contributed by atoms with Crippen molar-refractivity contribution < 1.29 is 22.0 Å². The number of nitrogens with one attached hydrogen (secondary N) is 3. The van der Waals surface area contributed by atoms with Crippen molar-refractivity contribution in [2.45, 2.75) is 24.3 Å². The average molecular weight is 483 g/mol. The van der Waals surface area contributed by atoms with E-state index in [4.69, 9.17) is 0 Å². The lowest BCUT2D eigenvalue weighted by Crippen LogP contribution is -2.23. The van der Waals surface area contributed by atoms with Gasteiger partial charge >= 0.3 is 0 Å². The molecule has 3 N–H and O–H groups in total. The molecule has 0 saturated heterocycles. The SMILES string of the molecule is O=C(Nc1cc(-c2ccc(CNS(=O)(=O)c3ccc(F)c(F)c3)cc2)c2cc[nH]c2n1)C1CC1. The van der Waals surface area contributed by atoms with Crippen molar-refractivity contribution in [3.05, 3.63) is 78.0 Å². The number of anilines is 1. The summed E-state index contributed by atoms with van der Waals surface area (Å²) in [4.78, 5) is 19.4. The molecule has 2 aromatic heterocycles. The van der Waals surface area contributed by atoms with Crippen LogP contribution in [0.25, 0.3) is 22.2 Å². The van der Waals surface area contributed by atoms with E-state index in [9.17, 15) is 22.0 Å². The Kier molecular flexibility index (Phi) is 5.62. The van der Waals surface area contributed by atoms with Crippen LogP contribution in [-0.4, -0.2) is 24.3 Å². The molecule has 2 aromatic carbocycles. The van der Waals surface area contributed by atoms with E-state index in [0.717, 1.165) is 41.5 Å². The minimum absolute atomic E-state index is 0.0276. The van der Waals surface area contributed by atoms with E-state index in [0.29, 0.717) is 23.1 Å². The van der Waals surface area contributed by atoms with Crippen LogP contribution in [0.4, 0.5) is 14.6 Å². The number of sulfonamides is 1. The zero-order chi connectivity index (χ0) is 23.9. The maximum absolute atomic E-state index is 13.4. The molecule has 0 spiro atoms. The zero-order valence-corrected chi connectivity index (χ0v) is 18.6. The minimum atomic E-state index is -4.01. The third-order valence-corrected chi connectivity index (χ3v) is 7.06. The van der Waals surface area contributed by atoms with Gasteiger partial charge in [-0.25, -0.2) is 26.9 Å². The second-order valence-electron chi connectivity index (χ2n) is 8.16. The lowest BCUT2D eigenvalue weighted by atomic mass is 10.0. The summed E-state index contributed by atoms with van der Waals surface area (Å²) in [5, 5.41) is 3.76. The van der Waals surface area contributed by atoms with Crippen molar-refractivity contribution in [1.82, 2.24) is 14.7 Å². The van der Waals surface area contributed by atoms with Crippen LogP contribution in [0.15, 0.2) is 65.7 Å². The number of fused-ring (bicyclic) bond motifs is 1. The van der Waals surface area contributed by atoms with Crippen molar-refractivity contribution in [3.63, 3.8) is 0 Å². The number of carbonyl (C=O) groups excluding carboxylic acids is 1. The van der Waals surface area contributed by atoms with Crippen molar-refractivity contribution in [2.75, 3.05) is 5.32 Å². The van der Waals surface area contributed by atoms with Gasteiger partial charge in [-0.05, 0) is 59.9 Å². The first-order chi connectivity index (χ1) is 16.3. The zero-order valence-electron chi connectivity index (χ0n) is 17.8. The number of nitrogens with zero attached hydrogens (tertiary/aromatic N) is 1. The summed E-state index contributed by atoms with van der Waals surface area (Å²) in [5.74, 6) is -1.86. The lowest BCUT2D eigenvalue weighted by molar-refractivity contribution is -0.117. The third kappa shape index (κ3) is 4.55. The third-order valence-electron chi connectivity index (χ3n) is 5.66. The number of benzene rings is 2. The van der Waals surface area contributed by atoms with E-state index < -0.39 is 21.7 Å².